The summed E-state index contributed by atoms with van der Waals surface area (Å²) in [5.41, 5.74) is 2.57. The van der Waals surface area contributed by atoms with E-state index in [2.05, 4.69) is 29.6 Å². The lowest BCUT2D eigenvalue weighted by atomic mass is 10.0. The van der Waals surface area contributed by atoms with Gasteiger partial charge in [0.25, 0.3) is 0 Å². The number of rotatable bonds is 4. The van der Waals surface area contributed by atoms with E-state index in [0.717, 1.165) is 13.0 Å². The summed E-state index contributed by atoms with van der Waals surface area (Å²) in [7, 11) is 0. The summed E-state index contributed by atoms with van der Waals surface area (Å²) in [6.45, 7) is 0.969. The van der Waals surface area contributed by atoms with Gasteiger partial charge in [-0.15, -0.1) is 11.3 Å². The van der Waals surface area contributed by atoms with Crippen molar-refractivity contribution >= 4 is 17.0 Å². The van der Waals surface area contributed by atoms with Gasteiger partial charge >= 0.3 is 0 Å². The Bertz CT molecular complexity index is 481. The van der Waals surface area contributed by atoms with Crippen LogP contribution >= 0.6 is 11.3 Å². The van der Waals surface area contributed by atoms with E-state index in [-0.39, 0.29) is 0 Å². The number of hydrogen-bond donors (Lipinski definition) is 1. The third kappa shape index (κ3) is 2.72. The molecule has 1 aromatic carbocycles. The standard InChI is InChI=1S/C15H18N2S/c1-2-6-12(7-3-1)16-11-10-15-17-13-8-4-5-9-14(13)18-15/h1-3,6-7,16H,4-5,8-11H2. The first-order chi connectivity index (χ1) is 8.92. The monoisotopic (exact) mass is 258 g/mol. The second-order valence-electron chi connectivity index (χ2n) is 4.73. The molecule has 94 valence electrons. The lowest BCUT2D eigenvalue weighted by Gasteiger charge is -2.06. The second-order valence-corrected chi connectivity index (χ2v) is 5.90. The largest absolute Gasteiger partial charge is 0.385 e. The van der Waals surface area contributed by atoms with E-state index in [9.17, 15) is 0 Å². The van der Waals surface area contributed by atoms with Crippen molar-refractivity contribution in [1.29, 1.82) is 0 Å². The minimum absolute atomic E-state index is 0.969. The number of para-hydroxylation sites is 1. The molecular formula is C15H18N2S. The van der Waals surface area contributed by atoms with Gasteiger partial charge in [-0.25, -0.2) is 4.98 Å². The SMILES string of the molecule is c1ccc(NCCc2nc3c(s2)CCCC3)cc1. The zero-order valence-corrected chi connectivity index (χ0v) is 11.3. The quantitative estimate of drug-likeness (QED) is 0.905. The molecule has 1 aromatic heterocycles. The van der Waals surface area contributed by atoms with Crippen molar-refractivity contribution in [3.63, 3.8) is 0 Å². The number of nitrogens with one attached hydrogen (secondary N) is 1. The van der Waals surface area contributed by atoms with E-state index < -0.39 is 0 Å². The molecule has 1 heterocycles. The minimum Gasteiger partial charge on any atom is -0.385 e. The number of nitrogens with zero attached hydrogens (tertiary/aromatic N) is 1. The highest BCUT2D eigenvalue weighted by molar-refractivity contribution is 7.11. The van der Waals surface area contributed by atoms with Crippen molar-refractivity contribution in [3.8, 4) is 0 Å². The number of thiazole rings is 1. The van der Waals surface area contributed by atoms with E-state index in [1.807, 2.05) is 17.4 Å². The van der Waals surface area contributed by atoms with Crippen LogP contribution in [0.15, 0.2) is 30.3 Å². The number of anilines is 1. The Kier molecular flexibility index (Phi) is 3.60. The van der Waals surface area contributed by atoms with E-state index in [0.29, 0.717) is 0 Å². The molecule has 0 bridgehead atoms. The minimum atomic E-state index is 0.969. The fourth-order valence-corrected chi connectivity index (χ4v) is 3.54. The first-order valence-electron chi connectivity index (χ1n) is 6.68. The van der Waals surface area contributed by atoms with Crippen LogP contribution in [0, 0.1) is 0 Å². The van der Waals surface area contributed by atoms with Crippen LogP contribution in [-0.2, 0) is 19.3 Å². The van der Waals surface area contributed by atoms with Gasteiger partial charge in [0.15, 0.2) is 0 Å². The van der Waals surface area contributed by atoms with Crippen molar-refractivity contribution in [3.05, 3.63) is 45.9 Å². The maximum Gasteiger partial charge on any atom is 0.0948 e. The highest BCUT2D eigenvalue weighted by Crippen LogP contribution is 2.26. The van der Waals surface area contributed by atoms with Crippen molar-refractivity contribution < 1.29 is 0 Å². The smallest absolute Gasteiger partial charge is 0.0948 e. The topological polar surface area (TPSA) is 24.9 Å². The fourth-order valence-electron chi connectivity index (χ4n) is 2.38. The molecular weight excluding hydrogens is 240 g/mol. The zero-order valence-electron chi connectivity index (χ0n) is 10.5. The first-order valence-corrected chi connectivity index (χ1v) is 7.50. The van der Waals surface area contributed by atoms with Crippen molar-refractivity contribution in [2.75, 3.05) is 11.9 Å². The molecule has 0 aliphatic heterocycles. The number of hydrogen-bond acceptors (Lipinski definition) is 3. The molecule has 0 amide bonds. The average Bonchev–Trinajstić information content (AvgIpc) is 2.82. The van der Waals surface area contributed by atoms with Gasteiger partial charge in [-0.2, -0.15) is 0 Å². The van der Waals surface area contributed by atoms with Gasteiger partial charge in [-0.3, -0.25) is 0 Å². The summed E-state index contributed by atoms with van der Waals surface area (Å²) >= 11 is 1.92. The number of fused-ring (bicyclic) bond motifs is 1. The molecule has 18 heavy (non-hydrogen) atoms. The molecule has 1 aliphatic carbocycles. The lowest BCUT2D eigenvalue weighted by Crippen LogP contribution is -2.04. The Labute approximate surface area is 112 Å². The van der Waals surface area contributed by atoms with Gasteiger partial charge in [-0.1, -0.05) is 18.2 Å². The van der Waals surface area contributed by atoms with Crippen LogP contribution in [0.4, 0.5) is 5.69 Å². The Morgan fingerprint density at radius 3 is 2.78 bits per heavy atom. The number of aromatic nitrogens is 1. The zero-order chi connectivity index (χ0) is 12.2. The molecule has 2 nitrogen and oxygen atoms in total. The predicted molar refractivity (Wildman–Crippen MR) is 77.4 cm³/mol. The molecule has 0 radical (unpaired) electrons. The van der Waals surface area contributed by atoms with Crippen LogP contribution < -0.4 is 5.32 Å². The maximum atomic E-state index is 4.76. The molecule has 3 rings (SSSR count). The van der Waals surface area contributed by atoms with E-state index >= 15 is 0 Å². The van der Waals surface area contributed by atoms with Crippen LogP contribution in [0.3, 0.4) is 0 Å². The van der Waals surface area contributed by atoms with E-state index in [4.69, 9.17) is 4.98 Å². The Morgan fingerprint density at radius 1 is 1.11 bits per heavy atom. The molecule has 2 aromatic rings. The Morgan fingerprint density at radius 2 is 1.94 bits per heavy atom. The van der Waals surface area contributed by atoms with Gasteiger partial charge in [0.2, 0.25) is 0 Å². The summed E-state index contributed by atoms with van der Waals surface area (Å²) in [6.07, 6.45) is 6.14. The van der Waals surface area contributed by atoms with Crippen molar-refractivity contribution in [1.82, 2.24) is 4.98 Å². The predicted octanol–water partition coefficient (Wildman–Crippen LogP) is 3.68. The van der Waals surface area contributed by atoms with Crippen molar-refractivity contribution in [2.24, 2.45) is 0 Å². The molecule has 0 saturated heterocycles. The van der Waals surface area contributed by atoms with Gasteiger partial charge in [-0.05, 0) is 37.8 Å². The van der Waals surface area contributed by atoms with Gasteiger partial charge in [0.05, 0.1) is 10.7 Å². The fraction of sp³-hybridized carbons (Fsp3) is 0.400. The summed E-state index contributed by atoms with van der Waals surface area (Å²) in [4.78, 5) is 6.30. The van der Waals surface area contributed by atoms with Crippen molar-refractivity contribution in [2.45, 2.75) is 32.1 Å². The van der Waals surface area contributed by atoms with Gasteiger partial charge in [0.1, 0.15) is 0 Å². The molecule has 0 atom stereocenters. The van der Waals surface area contributed by atoms with Crippen LogP contribution in [-0.4, -0.2) is 11.5 Å². The molecule has 0 spiro atoms. The third-order valence-corrected chi connectivity index (χ3v) is 4.55. The molecule has 0 unspecified atom stereocenters. The first kappa shape index (κ1) is 11.7. The van der Waals surface area contributed by atoms with E-state index in [1.54, 1.807) is 0 Å². The molecule has 1 N–H and O–H groups in total. The summed E-state index contributed by atoms with van der Waals surface area (Å²) < 4.78 is 0. The Balaban J connectivity index is 1.55. The summed E-state index contributed by atoms with van der Waals surface area (Å²) in [6, 6.07) is 10.4. The van der Waals surface area contributed by atoms with Crippen LogP contribution in [0.1, 0.15) is 28.4 Å². The lowest BCUT2D eigenvalue weighted by molar-refractivity contribution is 0.680. The summed E-state index contributed by atoms with van der Waals surface area (Å²) in [5.74, 6) is 0. The van der Waals surface area contributed by atoms with Gasteiger partial charge in [0, 0.05) is 23.5 Å². The number of aryl methyl sites for hydroxylation is 2. The highest BCUT2D eigenvalue weighted by atomic mass is 32.1. The molecule has 0 saturated carbocycles. The molecule has 0 fully saturated rings. The molecule has 1 aliphatic rings. The number of benzene rings is 1. The van der Waals surface area contributed by atoms with E-state index in [1.165, 1.54) is 46.9 Å². The summed E-state index contributed by atoms with van der Waals surface area (Å²) in [5, 5.41) is 4.74. The van der Waals surface area contributed by atoms with Crippen LogP contribution in [0.5, 0.6) is 0 Å². The maximum absolute atomic E-state index is 4.76. The normalized spacial score (nSPS) is 14.2. The van der Waals surface area contributed by atoms with Crippen LogP contribution in [0.25, 0.3) is 0 Å². The van der Waals surface area contributed by atoms with Crippen LogP contribution in [0.2, 0.25) is 0 Å². The van der Waals surface area contributed by atoms with Gasteiger partial charge < -0.3 is 5.32 Å². The highest BCUT2D eigenvalue weighted by Gasteiger charge is 2.14. The Hall–Kier alpha value is -1.35. The molecule has 3 heteroatoms. The third-order valence-electron chi connectivity index (χ3n) is 3.33. The second kappa shape index (κ2) is 5.53. The average molecular weight is 258 g/mol.